The van der Waals surface area contributed by atoms with Gasteiger partial charge >= 0.3 is 12.1 Å². The van der Waals surface area contributed by atoms with Crippen molar-refractivity contribution >= 4 is 21.9 Å². The molecule has 8 saturated carbocycles. The van der Waals surface area contributed by atoms with E-state index in [-0.39, 0.29) is 68.9 Å². The second-order valence-corrected chi connectivity index (χ2v) is 38.1. The Hall–Kier alpha value is -3.58. The van der Waals surface area contributed by atoms with E-state index in [1.807, 2.05) is 12.1 Å². The highest BCUT2D eigenvalue weighted by Gasteiger charge is 2.67. The third-order valence-corrected chi connectivity index (χ3v) is 29.6. The lowest BCUT2D eigenvalue weighted by Gasteiger charge is -2.65. The average molecular weight is 1310 g/mol. The van der Waals surface area contributed by atoms with Gasteiger partial charge < -0.3 is 24.8 Å². The van der Waals surface area contributed by atoms with Crippen LogP contribution < -0.4 is 0 Å². The molecule has 1 heterocycles. The molecule has 0 unspecified atom stereocenters. The molecule has 0 aliphatic heterocycles. The van der Waals surface area contributed by atoms with Crippen LogP contribution >= 0.6 is 0 Å². The smallest absolute Gasteiger partial charge is 0.419 e. The molecule has 1 aromatic heterocycles. The van der Waals surface area contributed by atoms with E-state index in [1.165, 1.54) is 67.0 Å². The van der Waals surface area contributed by atoms with Gasteiger partial charge in [0.25, 0.3) is 0 Å². The fourth-order valence-electron chi connectivity index (χ4n) is 22.5. The highest BCUT2D eigenvalue weighted by atomic mass is 32.2. The molecular weight excluding hydrogens is 1180 g/mol. The van der Waals surface area contributed by atoms with Gasteiger partial charge in [0.05, 0.1) is 36.4 Å². The van der Waals surface area contributed by atoms with Crippen molar-refractivity contribution in [2.24, 2.45) is 110 Å². The summed E-state index contributed by atoms with van der Waals surface area (Å²) in [4.78, 5) is 28.9. The van der Waals surface area contributed by atoms with Crippen LogP contribution in [0, 0.1) is 110 Å². The second-order valence-electron chi connectivity index (χ2n) is 36.1. The van der Waals surface area contributed by atoms with Gasteiger partial charge in [0, 0.05) is 12.4 Å². The Morgan fingerprint density at radius 1 is 0.570 bits per heavy atom. The molecule has 8 fully saturated rings. The summed E-state index contributed by atoms with van der Waals surface area (Å²) in [5, 5.41) is 34.4. The minimum atomic E-state index is -3.77. The number of aliphatic hydroxyl groups excluding tert-OH is 3. The zero-order chi connectivity index (χ0) is 68.2. The van der Waals surface area contributed by atoms with E-state index in [2.05, 4.69) is 154 Å². The van der Waals surface area contributed by atoms with Gasteiger partial charge in [0.1, 0.15) is 6.33 Å². The zero-order valence-corrected chi connectivity index (χ0v) is 62.0. The number of ether oxygens (including phenoxy) is 2. The first-order valence-corrected chi connectivity index (χ1v) is 38.9. The number of aliphatic hydroxyl groups is 3. The van der Waals surface area contributed by atoms with Gasteiger partial charge in [-0.3, -0.25) is 4.79 Å². The summed E-state index contributed by atoms with van der Waals surface area (Å²) in [6.07, 6.45) is 23.9. The number of benzene rings is 2. The van der Waals surface area contributed by atoms with Crippen molar-refractivity contribution in [3.63, 3.8) is 0 Å². The van der Waals surface area contributed by atoms with E-state index in [9.17, 15) is 33.3 Å². The summed E-state index contributed by atoms with van der Waals surface area (Å²) in [6.45, 7) is 42.1. The second kappa shape index (κ2) is 28.3. The normalized spacial score (nSPS) is 37.9. The SMILES string of the molecule is CC(C)(C)c1ccc(C(C)(C)C)cc1.CC[C@H]1[C@@H](O)[C@@H]2[C@H](CC[C@]3(C)[C@@H]([C@H](C)CCOC(=O)CS(=O)(=O)c4ccc(C(C)(C)C)cc4)CC[C@@H]23)[C@@]2(C)CC[C@@H](O)C[C@@H]12.CC[C@H]1[C@@H](O)[C@@H]2[C@H](CC[C@]3(C)[C@@H]([C@H](C)CCOC(=O)n4ccnc4)CC[C@@H]23)[C@@]2(C)CC[C@@H](C)C[C@@H]12. The molecule has 2 aromatic carbocycles. The van der Waals surface area contributed by atoms with Gasteiger partial charge in [-0.15, -0.1) is 0 Å². The molecule has 12 heteroatoms. The van der Waals surface area contributed by atoms with Crippen LogP contribution in [-0.4, -0.2) is 82.6 Å². The lowest BCUT2D eigenvalue weighted by molar-refractivity contribution is -0.203. The minimum absolute atomic E-state index is 0.0805. The Kier molecular flexibility index (Phi) is 22.4. The van der Waals surface area contributed by atoms with Crippen molar-refractivity contribution in [2.45, 2.75) is 280 Å². The van der Waals surface area contributed by atoms with Crippen molar-refractivity contribution in [3.8, 4) is 0 Å². The predicted molar refractivity (Wildman–Crippen MR) is 375 cm³/mol. The molecule has 8 aliphatic carbocycles. The van der Waals surface area contributed by atoms with Gasteiger partial charge in [-0.2, -0.15) is 0 Å². The number of esters is 1. The van der Waals surface area contributed by atoms with Gasteiger partial charge in [-0.25, -0.2) is 22.8 Å². The highest BCUT2D eigenvalue weighted by Crippen LogP contribution is 2.72. The summed E-state index contributed by atoms with van der Waals surface area (Å²) in [5.41, 5.74) is 5.33. The topological polar surface area (TPSA) is 165 Å². The molecule has 22 atom stereocenters. The molecular formula is C81H128N2O9S. The fraction of sp³-hybridized carbons (Fsp3) is 0.790. The molecule has 93 heavy (non-hydrogen) atoms. The third kappa shape index (κ3) is 14.9. The number of nitrogens with zero attached hydrogens (tertiary/aromatic N) is 2. The fourth-order valence-corrected chi connectivity index (χ4v) is 23.6. The minimum Gasteiger partial charge on any atom is -0.465 e. The zero-order valence-electron chi connectivity index (χ0n) is 61.2. The molecule has 11 rings (SSSR count). The maximum Gasteiger partial charge on any atom is 0.419 e. The Labute approximate surface area is 564 Å². The Bertz CT molecular complexity index is 3040. The summed E-state index contributed by atoms with van der Waals surface area (Å²) in [5.74, 6) is 6.34. The molecule has 0 radical (unpaired) electrons. The van der Waals surface area contributed by atoms with Crippen LogP contribution in [0.4, 0.5) is 4.79 Å². The predicted octanol–water partition coefficient (Wildman–Crippen LogP) is 18.0. The lowest BCUT2D eigenvalue weighted by atomic mass is 9.41. The highest BCUT2D eigenvalue weighted by molar-refractivity contribution is 7.92. The van der Waals surface area contributed by atoms with E-state index in [0.717, 1.165) is 75.7 Å². The number of carbonyl (C=O) groups excluding carboxylic acids is 2. The van der Waals surface area contributed by atoms with Crippen LogP contribution in [0.25, 0.3) is 0 Å². The van der Waals surface area contributed by atoms with Crippen LogP contribution in [0.5, 0.6) is 0 Å². The molecule has 0 bridgehead atoms. The van der Waals surface area contributed by atoms with Crippen LogP contribution in [0.3, 0.4) is 0 Å². The standard InChI is InChI=1S/C37H58O6S.C30H48N2O3.C14H22/c1-8-27-31-21-25(38)15-18-37(31,7)30-16-19-36(6)28(13-14-29(36)33(30)34(27)40)23(2)17-20-43-32(39)22-44(41,42)26-11-9-24(10-12-26)35(3,4)5;1-6-21-25-17-19(2)9-12-30(25,5)24-10-13-29(4)22(7-8-23(29)26(24)27(21)33)20(3)11-16-35-28(34)32-15-14-31-18-32;1-13(2,3)11-7-9-12(10-8-11)14(4,5)6/h9-12,23,25,27-31,33-34,38,40H,8,13-22H2,1-7H3;14-15,18-27,33H,6-13,16-17H2,1-5H3;7-10H,1-6H3/t23-,25-,27-,28-,29+,30+,31+,33+,34-,36-,37-;19-,20-,21-,22-,23+,24+,25+,26+,27-,29-,30-;/m11./s1. The largest absolute Gasteiger partial charge is 0.465 e. The number of rotatable bonds is 13. The quantitative estimate of drug-likeness (QED) is 0.140. The van der Waals surface area contributed by atoms with Crippen molar-refractivity contribution in [3.05, 3.63) is 83.9 Å². The van der Waals surface area contributed by atoms with Crippen molar-refractivity contribution in [2.75, 3.05) is 19.0 Å². The van der Waals surface area contributed by atoms with E-state index in [4.69, 9.17) is 9.47 Å². The van der Waals surface area contributed by atoms with Gasteiger partial charge in [-0.05, 0) is 252 Å². The summed E-state index contributed by atoms with van der Waals surface area (Å²) >= 11 is 0. The van der Waals surface area contributed by atoms with Gasteiger partial charge in [-0.1, -0.05) is 180 Å². The van der Waals surface area contributed by atoms with Crippen LogP contribution in [0.1, 0.15) is 257 Å². The maximum absolute atomic E-state index is 12.9. The van der Waals surface area contributed by atoms with Crippen LogP contribution in [-0.2, 0) is 40.4 Å². The third-order valence-electron chi connectivity index (χ3n) is 27.9. The van der Waals surface area contributed by atoms with E-state index in [0.29, 0.717) is 101 Å². The monoisotopic (exact) mass is 1300 g/mol. The Morgan fingerprint density at radius 3 is 1.41 bits per heavy atom. The van der Waals surface area contributed by atoms with E-state index >= 15 is 0 Å². The first-order valence-electron chi connectivity index (χ1n) is 37.2. The molecule has 11 nitrogen and oxygen atoms in total. The molecule has 8 aliphatic rings. The summed E-state index contributed by atoms with van der Waals surface area (Å²) in [6, 6.07) is 15.8. The van der Waals surface area contributed by atoms with Gasteiger partial charge in [0.15, 0.2) is 15.6 Å². The molecule has 3 aromatic rings. The van der Waals surface area contributed by atoms with Crippen molar-refractivity contribution in [1.82, 2.24) is 9.55 Å². The molecule has 0 saturated heterocycles. The number of sulfone groups is 1. The van der Waals surface area contributed by atoms with Crippen LogP contribution in [0.2, 0.25) is 0 Å². The Morgan fingerprint density at radius 2 is 0.978 bits per heavy atom. The average Bonchev–Trinajstić information content (AvgIpc) is 1.70. The number of hydrogen-bond acceptors (Lipinski definition) is 10. The van der Waals surface area contributed by atoms with Crippen LogP contribution in [0.15, 0.2) is 72.1 Å². The van der Waals surface area contributed by atoms with E-state index in [1.54, 1.807) is 24.5 Å². The molecule has 3 N–H and O–H groups in total. The first-order chi connectivity index (χ1) is 43.4. The summed E-state index contributed by atoms with van der Waals surface area (Å²) in [7, 11) is -3.77. The van der Waals surface area contributed by atoms with E-state index < -0.39 is 21.6 Å². The molecule has 0 amide bonds. The van der Waals surface area contributed by atoms with Crippen molar-refractivity contribution < 1.29 is 42.8 Å². The lowest BCUT2D eigenvalue weighted by Crippen LogP contribution is -2.62. The Balaban J connectivity index is 0.000000185. The van der Waals surface area contributed by atoms with Gasteiger partial charge in [0.2, 0.25) is 0 Å². The number of hydrogen-bond donors (Lipinski definition) is 3. The maximum atomic E-state index is 12.9. The molecule has 522 valence electrons. The van der Waals surface area contributed by atoms with Crippen molar-refractivity contribution in [1.29, 1.82) is 0 Å². The summed E-state index contributed by atoms with van der Waals surface area (Å²) < 4.78 is 38.2. The first kappa shape index (κ1) is 73.7. The number of imidazole rings is 1. The number of fused-ring (bicyclic) bond motifs is 10. The molecule has 0 spiro atoms. The number of carbonyl (C=O) groups is 2. The number of aromatic nitrogens is 2.